The van der Waals surface area contributed by atoms with Gasteiger partial charge in [0.2, 0.25) is 0 Å². The van der Waals surface area contributed by atoms with E-state index in [1.54, 1.807) is 6.92 Å². The summed E-state index contributed by atoms with van der Waals surface area (Å²) in [6.07, 6.45) is 2.35. The van der Waals surface area contributed by atoms with Crippen LogP contribution in [0.4, 0.5) is 0 Å². The molecule has 0 spiro atoms. The number of hydrogen-bond acceptors (Lipinski definition) is 4. The van der Waals surface area contributed by atoms with Gasteiger partial charge in [0.25, 0.3) is 0 Å². The number of carbonyl (C=O) groups excluding carboxylic acids is 2. The molecule has 0 rings (SSSR count). The second-order valence-electron chi connectivity index (χ2n) is 3.88. The first-order valence-corrected chi connectivity index (χ1v) is 5.91. The third kappa shape index (κ3) is 8.26. The molecule has 1 atom stereocenters. The summed E-state index contributed by atoms with van der Waals surface area (Å²) in [5, 5.41) is 0. The topological polar surface area (TPSA) is 52.6 Å². The normalized spacial score (nSPS) is 11.9. The van der Waals surface area contributed by atoms with Crippen molar-refractivity contribution in [2.45, 2.75) is 46.5 Å². The summed E-state index contributed by atoms with van der Waals surface area (Å²) in [7, 11) is 0. The van der Waals surface area contributed by atoms with E-state index in [-0.39, 0.29) is 26.2 Å². The third-order valence-electron chi connectivity index (χ3n) is 2.15. The Balaban J connectivity index is 0. The molecule has 0 aromatic heterocycles. The van der Waals surface area contributed by atoms with Gasteiger partial charge in [0, 0.05) is 0 Å². The smallest absolute Gasteiger partial charge is 0.466 e. The average molecular weight is 231 g/mol. The highest BCUT2D eigenvalue weighted by Gasteiger charge is 2.10. The molecule has 0 aliphatic rings. The minimum atomic E-state index is -0.346. The monoisotopic (exact) mass is 231 g/mol. The van der Waals surface area contributed by atoms with E-state index < -0.39 is 0 Å². The fourth-order valence-electron chi connectivity index (χ4n) is 1.32. The fraction of sp³-hybridized carbons (Fsp3) is 0.833. The molecule has 94 valence electrons. The van der Waals surface area contributed by atoms with Gasteiger partial charge in [-0.2, -0.15) is 0 Å². The molecule has 4 heteroatoms. The van der Waals surface area contributed by atoms with Gasteiger partial charge in [0.15, 0.2) is 0 Å². The van der Waals surface area contributed by atoms with Crippen LogP contribution >= 0.6 is 0 Å². The first-order chi connectivity index (χ1) is 7.60. The zero-order valence-electron chi connectivity index (χ0n) is 11.5. The number of rotatable bonds is 8. The van der Waals surface area contributed by atoms with Crippen molar-refractivity contribution < 1.29 is 20.5 Å². The van der Waals surface area contributed by atoms with Gasteiger partial charge in [0.05, 0.1) is 26.1 Å². The SMILES string of the molecule is CCCC(C)COC(=O)CCC(=O)OCC.[H+]. The van der Waals surface area contributed by atoms with Crippen LogP contribution in [0.5, 0.6) is 0 Å². The lowest BCUT2D eigenvalue weighted by Crippen LogP contribution is -2.14. The highest BCUT2D eigenvalue weighted by atomic mass is 16.5. The Morgan fingerprint density at radius 2 is 1.69 bits per heavy atom. The quantitative estimate of drug-likeness (QED) is 0.602. The summed E-state index contributed by atoms with van der Waals surface area (Å²) in [6.45, 7) is 6.67. The lowest BCUT2D eigenvalue weighted by molar-refractivity contribution is -0.150. The molecule has 4 nitrogen and oxygen atoms in total. The first kappa shape index (κ1) is 14.9. The molecule has 0 heterocycles. The van der Waals surface area contributed by atoms with E-state index in [1.807, 2.05) is 6.92 Å². The van der Waals surface area contributed by atoms with Crippen LogP contribution in [0.25, 0.3) is 0 Å². The van der Waals surface area contributed by atoms with Gasteiger partial charge >= 0.3 is 13.4 Å². The van der Waals surface area contributed by atoms with Gasteiger partial charge in [-0.1, -0.05) is 20.3 Å². The minimum Gasteiger partial charge on any atom is -0.466 e. The van der Waals surface area contributed by atoms with Crippen LogP contribution in [0.1, 0.15) is 47.9 Å². The third-order valence-corrected chi connectivity index (χ3v) is 2.15. The van der Waals surface area contributed by atoms with Crippen molar-refractivity contribution in [1.82, 2.24) is 0 Å². The first-order valence-electron chi connectivity index (χ1n) is 5.91. The Labute approximate surface area is 98.8 Å². The molecule has 0 N–H and O–H groups in total. The van der Waals surface area contributed by atoms with Crippen LogP contribution in [0, 0.1) is 5.92 Å². The summed E-state index contributed by atoms with van der Waals surface area (Å²) in [5.74, 6) is -0.284. The molecular weight excluding hydrogens is 208 g/mol. The Hall–Kier alpha value is -1.06. The van der Waals surface area contributed by atoms with Gasteiger partial charge in [0.1, 0.15) is 0 Å². The van der Waals surface area contributed by atoms with E-state index in [0.29, 0.717) is 19.1 Å². The molecule has 0 saturated carbocycles. The minimum absolute atomic E-state index is 0. The predicted molar refractivity (Wildman–Crippen MR) is 62.0 cm³/mol. The molecule has 1 unspecified atom stereocenters. The summed E-state index contributed by atoms with van der Waals surface area (Å²) >= 11 is 0. The van der Waals surface area contributed by atoms with Crippen LogP contribution in [0.15, 0.2) is 0 Å². The lowest BCUT2D eigenvalue weighted by atomic mass is 10.1. The van der Waals surface area contributed by atoms with Gasteiger partial charge in [-0.05, 0) is 19.3 Å². The maximum atomic E-state index is 11.2. The van der Waals surface area contributed by atoms with Crippen LogP contribution in [0.2, 0.25) is 0 Å². The van der Waals surface area contributed by atoms with Crippen molar-refractivity contribution in [2.24, 2.45) is 5.92 Å². The van der Waals surface area contributed by atoms with Crippen molar-refractivity contribution in [3.63, 3.8) is 0 Å². The lowest BCUT2D eigenvalue weighted by Gasteiger charge is -2.10. The number of esters is 2. The van der Waals surface area contributed by atoms with E-state index in [4.69, 9.17) is 9.47 Å². The second-order valence-corrected chi connectivity index (χ2v) is 3.88. The maximum Gasteiger partial charge on any atom is 1.00 e. The molecule has 0 fully saturated rings. The van der Waals surface area contributed by atoms with Crippen molar-refractivity contribution in [3.05, 3.63) is 0 Å². The number of carbonyl (C=O) groups is 2. The van der Waals surface area contributed by atoms with E-state index in [1.165, 1.54) is 0 Å². The van der Waals surface area contributed by atoms with Crippen molar-refractivity contribution in [1.29, 1.82) is 0 Å². The standard InChI is InChI=1S/C12H22O4/c1-4-6-10(3)9-16-12(14)8-7-11(13)15-5-2/h10H,4-9H2,1-3H3/p+1. The maximum absolute atomic E-state index is 11.2. The highest BCUT2D eigenvalue weighted by molar-refractivity contribution is 5.77. The summed E-state index contributed by atoms with van der Waals surface area (Å²) < 4.78 is 9.75. The van der Waals surface area contributed by atoms with E-state index in [9.17, 15) is 9.59 Å². The van der Waals surface area contributed by atoms with Crippen LogP contribution < -0.4 is 0 Å². The van der Waals surface area contributed by atoms with Crippen LogP contribution in [0.3, 0.4) is 0 Å². The summed E-state index contributed by atoms with van der Waals surface area (Å²) in [6, 6.07) is 0. The Morgan fingerprint density at radius 1 is 1.12 bits per heavy atom. The molecule has 0 radical (unpaired) electrons. The van der Waals surface area contributed by atoms with Crippen LogP contribution in [-0.4, -0.2) is 25.2 Å². The molecule has 16 heavy (non-hydrogen) atoms. The Morgan fingerprint density at radius 3 is 2.19 bits per heavy atom. The largest absolute Gasteiger partial charge is 1.00 e. The zero-order valence-corrected chi connectivity index (χ0v) is 10.5. The van der Waals surface area contributed by atoms with Crippen molar-refractivity contribution in [3.8, 4) is 0 Å². The fourth-order valence-corrected chi connectivity index (χ4v) is 1.32. The molecule has 0 amide bonds. The molecule has 0 aromatic carbocycles. The van der Waals surface area contributed by atoms with Gasteiger partial charge in [-0.3, -0.25) is 9.59 Å². The molecule has 0 saturated heterocycles. The van der Waals surface area contributed by atoms with Gasteiger partial charge < -0.3 is 9.47 Å². The molecule has 0 aliphatic heterocycles. The molecule has 0 aliphatic carbocycles. The van der Waals surface area contributed by atoms with Crippen LogP contribution in [-0.2, 0) is 19.1 Å². The van der Waals surface area contributed by atoms with Gasteiger partial charge in [-0.25, -0.2) is 0 Å². The zero-order chi connectivity index (χ0) is 12.4. The van der Waals surface area contributed by atoms with Crippen molar-refractivity contribution in [2.75, 3.05) is 13.2 Å². The Bertz CT molecular complexity index is 219. The average Bonchev–Trinajstić information content (AvgIpc) is 2.24. The number of hydrogen-bond donors (Lipinski definition) is 0. The predicted octanol–water partition coefficient (Wildman–Crippen LogP) is 2.42. The molecule has 0 aromatic rings. The van der Waals surface area contributed by atoms with Gasteiger partial charge in [-0.15, -0.1) is 0 Å². The van der Waals surface area contributed by atoms with E-state index >= 15 is 0 Å². The van der Waals surface area contributed by atoms with Crippen molar-refractivity contribution >= 4 is 11.9 Å². The second kappa shape index (κ2) is 9.19. The summed E-state index contributed by atoms with van der Waals surface area (Å²) in [5.41, 5.74) is 0. The summed E-state index contributed by atoms with van der Waals surface area (Å²) in [4.78, 5) is 22.2. The molecule has 0 bridgehead atoms. The van der Waals surface area contributed by atoms with E-state index in [0.717, 1.165) is 12.8 Å². The molecular formula is C12H23O4+. The Kier molecular flexibility index (Phi) is 8.58. The van der Waals surface area contributed by atoms with E-state index in [2.05, 4.69) is 6.92 Å². The highest BCUT2D eigenvalue weighted by Crippen LogP contribution is 2.06. The number of ether oxygens (including phenoxy) is 2.